The van der Waals surface area contributed by atoms with E-state index in [9.17, 15) is 4.79 Å². The van der Waals surface area contributed by atoms with Gasteiger partial charge >= 0.3 is 0 Å². The smallest absolute Gasteiger partial charge is 0.223 e. The summed E-state index contributed by atoms with van der Waals surface area (Å²) in [6.45, 7) is 5.83. The molecule has 0 radical (unpaired) electrons. The van der Waals surface area contributed by atoms with Gasteiger partial charge < -0.3 is 14.6 Å². The summed E-state index contributed by atoms with van der Waals surface area (Å²) in [6.07, 6.45) is 2.01. The Morgan fingerprint density at radius 2 is 2.04 bits per heavy atom. The number of para-hydroxylation sites is 2. The van der Waals surface area contributed by atoms with E-state index in [0.717, 1.165) is 41.0 Å². The molecule has 0 unspecified atom stereocenters. The van der Waals surface area contributed by atoms with Gasteiger partial charge in [-0.05, 0) is 50.5 Å². The van der Waals surface area contributed by atoms with Gasteiger partial charge in [-0.2, -0.15) is 0 Å². The maximum absolute atomic E-state index is 12.0. The Kier molecular flexibility index (Phi) is 4.84. The minimum absolute atomic E-state index is 0.139. The average Bonchev–Trinajstić information content (AvgIpc) is 3.45. The molecule has 2 aromatic carbocycles. The lowest BCUT2D eigenvalue weighted by molar-refractivity contribution is -0.122. The third-order valence-electron chi connectivity index (χ3n) is 5.01. The molecule has 0 saturated heterocycles. The molecular weight excluding hydrogens is 338 g/mol. The number of amides is 1. The lowest BCUT2D eigenvalue weighted by Crippen LogP contribution is -2.26. The molecule has 1 saturated carbocycles. The largest absolute Gasteiger partial charge is 0.491 e. The van der Waals surface area contributed by atoms with Crippen LogP contribution in [0.15, 0.2) is 42.5 Å². The van der Waals surface area contributed by atoms with Crippen molar-refractivity contribution in [1.29, 1.82) is 0 Å². The summed E-state index contributed by atoms with van der Waals surface area (Å²) in [5.41, 5.74) is 4.38. The number of hydrogen-bond acceptors (Lipinski definition) is 3. The second kappa shape index (κ2) is 7.43. The molecule has 3 aromatic rings. The van der Waals surface area contributed by atoms with E-state index >= 15 is 0 Å². The first kappa shape index (κ1) is 17.6. The Morgan fingerprint density at radius 3 is 2.81 bits per heavy atom. The van der Waals surface area contributed by atoms with Gasteiger partial charge in [0.25, 0.3) is 0 Å². The standard InChI is InChI=1S/C22H25N3O2/c1-15-7-10-20(16(2)13-15)27-12-11-25-19-6-4-3-5-18(19)24-21(25)14-23-22(26)17-8-9-17/h3-7,10,13,17H,8-9,11-12,14H2,1-2H3,(H,23,26). The van der Waals surface area contributed by atoms with Crippen molar-refractivity contribution in [3.05, 3.63) is 59.4 Å². The van der Waals surface area contributed by atoms with Crippen LogP contribution in [0.2, 0.25) is 0 Å². The summed E-state index contributed by atoms with van der Waals surface area (Å²) in [7, 11) is 0. The van der Waals surface area contributed by atoms with Crippen LogP contribution in [-0.2, 0) is 17.9 Å². The van der Waals surface area contributed by atoms with Crippen LogP contribution in [0.5, 0.6) is 5.75 Å². The Hall–Kier alpha value is -2.82. The second-order valence-electron chi connectivity index (χ2n) is 7.28. The van der Waals surface area contributed by atoms with Gasteiger partial charge in [0.2, 0.25) is 5.91 Å². The van der Waals surface area contributed by atoms with Gasteiger partial charge in [0.15, 0.2) is 0 Å². The Bertz CT molecular complexity index is 973. The summed E-state index contributed by atoms with van der Waals surface area (Å²) in [5, 5.41) is 3.02. The van der Waals surface area contributed by atoms with Crippen LogP contribution in [0.4, 0.5) is 0 Å². The lowest BCUT2D eigenvalue weighted by Gasteiger charge is -2.13. The Morgan fingerprint density at radius 1 is 1.22 bits per heavy atom. The highest BCUT2D eigenvalue weighted by Gasteiger charge is 2.29. The highest BCUT2D eigenvalue weighted by atomic mass is 16.5. The minimum atomic E-state index is 0.139. The van der Waals surface area contributed by atoms with E-state index in [-0.39, 0.29) is 11.8 Å². The molecule has 5 nitrogen and oxygen atoms in total. The van der Waals surface area contributed by atoms with Gasteiger partial charge in [0, 0.05) is 5.92 Å². The number of ether oxygens (including phenoxy) is 1. The molecule has 1 aliphatic rings. The molecule has 0 bridgehead atoms. The number of nitrogens with zero attached hydrogens (tertiary/aromatic N) is 2. The fraction of sp³-hybridized carbons (Fsp3) is 0.364. The van der Waals surface area contributed by atoms with Gasteiger partial charge in [-0.1, -0.05) is 29.8 Å². The van der Waals surface area contributed by atoms with E-state index in [1.807, 2.05) is 24.3 Å². The van der Waals surface area contributed by atoms with Crippen molar-refractivity contribution in [1.82, 2.24) is 14.9 Å². The van der Waals surface area contributed by atoms with Crippen LogP contribution in [0.25, 0.3) is 11.0 Å². The molecule has 1 heterocycles. The summed E-state index contributed by atoms with van der Waals surface area (Å²) >= 11 is 0. The van der Waals surface area contributed by atoms with E-state index in [2.05, 4.69) is 41.9 Å². The zero-order chi connectivity index (χ0) is 18.8. The van der Waals surface area contributed by atoms with Crippen molar-refractivity contribution >= 4 is 16.9 Å². The summed E-state index contributed by atoms with van der Waals surface area (Å²) in [6, 6.07) is 14.3. The molecule has 1 aromatic heterocycles. The van der Waals surface area contributed by atoms with Crippen LogP contribution >= 0.6 is 0 Å². The predicted octanol–water partition coefficient (Wildman–Crippen LogP) is 3.76. The first-order valence-electron chi connectivity index (χ1n) is 9.54. The molecule has 0 atom stereocenters. The van der Waals surface area contributed by atoms with Crippen molar-refractivity contribution < 1.29 is 9.53 Å². The fourth-order valence-electron chi connectivity index (χ4n) is 3.37. The van der Waals surface area contributed by atoms with Crippen molar-refractivity contribution in [3.8, 4) is 5.75 Å². The minimum Gasteiger partial charge on any atom is -0.491 e. The zero-order valence-corrected chi connectivity index (χ0v) is 15.9. The maximum Gasteiger partial charge on any atom is 0.223 e. The topological polar surface area (TPSA) is 56.1 Å². The van der Waals surface area contributed by atoms with Gasteiger partial charge in [-0.15, -0.1) is 0 Å². The number of nitrogens with one attached hydrogen (secondary N) is 1. The normalized spacial score (nSPS) is 13.7. The predicted molar refractivity (Wildman–Crippen MR) is 106 cm³/mol. The van der Waals surface area contributed by atoms with E-state index in [0.29, 0.717) is 19.7 Å². The van der Waals surface area contributed by atoms with Crippen LogP contribution in [0, 0.1) is 19.8 Å². The van der Waals surface area contributed by atoms with Crippen molar-refractivity contribution in [2.24, 2.45) is 5.92 Å². The van der Waals surface area contributed by atoms with E-state index < -0.39 is 0 Å². The number of imidazole rings is 1. The first-order valence-corrected chi connectivity index (χ1v) is 9.54. The SMILES string of the molecule is Cc1ccc(OCCn2c(CNC(=O)C3CC3)nc3ccccc32)c(C)c1. The maximum atomic E-state index is 12.0. The number of fused-ring (bicyclic) bond motifs is 1. The average molecular weight is 363 g/mol. The zero-order valence-electron chi connectivity index (χ0n) is 15.9. The molecule has 1 amide bonds. The van der Waals surface area contributed by atoms with Crippen molar-refractivity contribution in [2.45, 2.75) is 39.8 Å². The van der Waals surface area contributed by atoms with Crippen LogP contribution in [0.1, 0.15) is 29.8 Å². The lowest BCUT2D eigenvalue weighted by atomic mass is 10.1. The van der Waals surface area contributed by atoms with E-state index in [4.69, 9.17) is 9.72 Å². The number of aryl methyl sites for hydroxylation is 2. The van der Waals surface area contributed by atoms with Crippen LogP contribution in [0.3, 0.4) is 0 Å². The fourth-order valence-corrected chi connectivity index (χ4v) is 3.37. The second-order valence-corrected chi connectivity index (χ2v) is 7.28. The number of benzene rings is 2. The van der Waals surface area contributed by atoms with Gasteiger partial charge in [-0.3, -0.25) is 4.79 Å². The van der Waals surface area contributed by atoms with Crippen LogP contribution < -0.4 is 10.1 Å². The third-order valence-corrected chi connectivity index (χ3v) is 5.01. The molecule has 0 aliphatic heterocycles. The molecule has 27 heavy (non-hydrogen) atoms. The van der Waals surface area contributed by atoms with E-state index in [1.165, 1.54) is 5.56 Å². The third kappa shape index (κ3) is 3.97. The summed E-state index contributed by atoms with van der Waals surface area (Å²) in [4.78, 5) is 16.7. The number of hydrogen-bond donors (Lipinski definition) is 1. The monoisotopic (exact) mass is 363 g/mol. The Balaban J connectivity index is 1.48. The number of rotatable bonds is 7. The number of carbonyl (C=O) groups excluding carboxylic acids is 1. The molecule has 4 rings (SSSR count). The van der Waals surface area contributed by atoms with Gasteiger partial charge in [-0.25, -0.2) is 4.98 Å². The highest BCUT2D eigenvalue weighted by Crippen LogP contribution is 2.29. The molecule has 140 valence electrons. The quantitative estimate of drug-likeness (QED) is 0.695. The molecule has 1 fully saturated rings. The first-order chi connectivity index (χ1) is 13.1. The molecule has 0 spiro atoms. The van der Waals surface area contributed by atoms with E-state index in [1.54, 1.807) is 0 Å². The molecule has 1 aliphatic carbocycles. The summed E-state index contributed by atoms with van der Waals surface area (Å²) in [5.74, 6) is 2.12. The van der Waals surface area contributed by atoms with Gasteiger partial charge in [0.1, 0.15) is 18.2 Å². The van der Waals surface area contributed by atoms with Gasteiger partial charge in [0.05, 0.1) is 24.1 Å². The highest BCUT2D eigenvalue weighted by molar-refractivity contribution is 5.81. The molecule has 5 heteroatoms. The van der Waals surface area contributed by atoms with Crippen molar-refractivity contribution in [2.75, 3.05) is 6.61 Å². The Labute approximate surface area is 159 Å². The summed E-state index contributed by atoms with van der Waals surface area (Å²) < 4.78 is 8.15. The number of carbonyl (C=O) groups is 1. The molecular formula is C22H25N3O2. The van der Waals surface area contributed by atoms with Crippen LogP contribution in [-0.4, -0.2) is 22.1 Å². The van der Waals surface area contributed by atoms with Crippen molar-refractivity contribution in [3.63, 3.8) is 0 Å². The molecule has 1 N–H and O–H groups in total. The number of aromatic nitrogens is 2.